The number of piperidine rings is 1. The Morgan fingerprint density at radius 2 is 2.00 bits per heavy atom. The summed E-state index contributed by atoms with van der Waals surface area (Å²) < 4.78 is 0. The number of carbonyl (C=O) groups is 1. The van der Waals surface area contributed by atoms with Gasteiger partial charge in [0.15, 0.2) is 0 Å². The Labute approximate surface area is 139 Å². The molecule has 2 heterocycles. The topological polar surface area (TPSA) is 36.4 Å². The molecule has 2 aliphatic rings. The predicted molar refractivity (Wildman–Crippen MR) is 92.7 cm³/mol. The molecule has 4 heteroatoms. The average Bonchev–Trinajstić information content (AvgIpc) is 2.61. The van der Waals surface area contributed by atoms with Crippen molar-refractivity contribution < 1.29 is 4.79 Å². The minimum atomic E-state index is 0.0860. The Kier molecular flexibility index (Phi) is 5.31. The van der Waals surface area contributed by atoms with Gasteiger partial charge < -0.3 is 9.80 Å². The Morgan fingerprint density at radius 3 is 2.74 bits per heavy atom. The lowest BCUT2D eigenvalue weighted by molar-refractivity contribution is 0.0690. The van der Waals surface area contributed by atoms with Crippen molar-refractivity contribution in [2.45, 2.75) is 56.9 Å². The van der Waals surface area contributed by atoms with Crippen LogP contribution in [0, 0.1) is 0 Å². The first-order valence-electron chi connectivity index (χ1n) is 9.07. The van der Waals surface area contributed by atoms with E-state index in [2.05, 4.69) is 23.0 Å². The van der Waals surface area contributed by atoms with Crippen LogP contribution in [-0.2, 0) is 0 Å². The molecule has 2 fully saturated rings. The third kappa shape index (κ3) is 3.92. The van der Waals surface area contributed by atoms with Crippen LogP contribution in [0.4, 0.5) is 0 Å². The maximum Gasteiger partial charge on any atom is 0.272 e. The molecule has 0 radical (unpaired) electrons. The van der Waals surface area contributed by atoms with Gasteiger partial charge in [-0.05, 0) is 62.9 Å². The minimum Gasteiger partial charge on any atom is -0.337 e. The molecular formula is C19H29N3O. The molecule has 3 rings (SSSR count). The van der Waals surface area contributed by atoms with Crippen LogP contribution in [0.5, 0.6) is 0 Å². The van der Waals surface area contributed by atoms with E-state index < -0.39 is 0 Å². The molecule has 1 saturated carbocycles. The van der Waals surface area contributed by atoms with Crippen molar-refractivity contribution in [2.24, 2.45) is 0 Å². The lowest BCUT2D eigenvalue weighted by atomic mass is 9.91. The summed E-state index contributed by atoms with van der Waals surface area (Å²) in [6.07, 6.45) is 10.3. The van der Waals surface area contributed by atoms with Gasteiger partial charge in [-0.25, -0.2) is 0 Å². The van der Waals surface area contributed by atoms with E-state index in [1.807, 2.05) is 24.2 Å². The Balaban J connectivity index is 1.72. The van der Waals surface area contributed by atoms with Gasteiger partial charge in [-0.1, -0.05) is 19.3 Å². The van der Waals surface area contributed by atoms with Gasteiger partial charge in [-0.15, -0.1) is 0 Å². The van der Waals surface area contributed by atoms with Crippen molar-refractivity contribution in [3.05, 3.63) is 29.6 Å². The van der Waals surface area contributed by atoms with Gasteiger partial charge in [0, 0.05) is 25.8 Å². The van der Waals surface area contributed by atoms with Crippen LogP contribution in [0.15, 0.2) is 18.3 Å². The van der Waals surface area contributed by atoms with E-state index in [0.29, 0.717) is 17.7 Å². The second-order valence-corrected chi connectivity index (χ2v) is 7.28. The highest BCUT2D eigenvalue weighted by Gasteiger charge is 2.25. The minimum absolute atomic E-state index is 0.0860. The number of likely N-dealkylation sites (tertiary alicyclic amines) is 1. The standard InChI is InChI=1S/C19H29N3O/c1-21-12-6-7-16(14-21)15-10-11-20-18(13-15)19(23)22(2)17-8-4-3-5-9-17/h10-11,13,16-17H,3-9,12,14H2,1-2H3. The molecule has 0 N–H and O–H groups in total. The van der Waals surface area contributed by atoms with Gasteiger partial charge in [0.25, 0.3) is 5.91 Å². The lowest BCUT2D eigenvalue weighted by Gasteiger charge is -2.32. The maximum absolute atomic E-state index is 12.8. The summed E-state index contributed by atoms with van der Waals surface area (Å²) >= 11 is 0. The summed E-state index contributed by atoms with van der Waals surface area (Å²) in [7, 11) is 4.12. The van der Waals surface area contributed by atoms with Gasteiger partial charge in [-0.2, -0.15) is 0 Å². The quantitative estimate of drug-likeness (QED) is 0.859. The molecule has 1 saturated heterocycles. The molecule has 1 aromatic rings. The van der Waals surface area contributed by atoms with Crippen LogP contribution in [0.25, 0.3) is 0 Å². The molecule has 0 bridgehead atoms. The Bertz CT molecular complexity index is 539. The number of hydrogen-bond acceptors (Lipinski definition) is 3. The molecule has 4 nitrogen and oxygen atoms in total. The van der Waals surface area contributed by atoms with E-state index in [-0.39, 0.29) is 5.91 Å². The largest absolute Gasteiger partial charge is 0.337 e. The molecule has 0 aromatic carbocycles. The van der Waals surface area contributed by atoms with Crippen LogP contribution < -0.4 is 0 Å². The fraction of sp³-hybridized carbons (Fsp3) is 0.684. The number of aromatic nitrogens is 1. The van der Waals surface area contributed by atoms with E-state index >= 15 is 0 Å². The number of hydrogen-bond donors (Lipinski definition) is 0. The van der Waals surface area contributed by atoms with E-state index in [9.17, 15) is 4.79 Å². The summed E-state index contributed by atoms with van der Waals surface area (Å²) in [5.74, 6) is 0.617. The van der Waals surface area contributed by atoms with Crippen molar-refractivity contribution in [1.29, 1.82) is 0 Å². The molecule has 1 aliphatic carbocycles. The van der Waals surface area contributed by atoms with Crippen molar-refractivity contribution >= 4 is 5.91 Å². The second kappa shape index (κ2) is 7.43. The van der Waals surface area contributed by atoms with Crippen molar-refractivity contribution in [3.63, 3.8) is 0 Å². The van der Waals surface area contributed by atoms with Gasteiger partial charge >= 0.3 is 0 Å². The van der Waals surface area contributed by atoms with Crippen LogP contribution in [0.2, 0.25) is 0 Å². The molecule has 1 aliphatic heterocycles. The molecule has 1 aromatic heterocycles. The fourth-order valence-electron chi connectivity index (χ4n) is 4.07. The Hall–Kier alpha value is -1.42. The fourth-order valence-corrected chi connectivity index (χ4v) is 4.07. The average molecular weight is 315 g/mol. The van der Waals surface area contributed by atoms with Crippen molar-refractivity contribution in [1.82, 2.24) is 14.8 Å². The molecule has 126 valence electrons. The first kappa shape index (κ1) is 16.4. The van der Waals surface area contributed by atoms with E-state index in [0.717, 1.165) is 19.4 Å². The van der Waals surface area contributed by atoms with Crippen molar-refractivity contribution in [2.75, 3.05) is 27.2 Å². The van der Waals surface area contributed by atoms with Gasteiger partial charge in [0.2, 0.25) is 0 Å². The lowest BCUT2D eigenvalue weighted by Crippen LogP contribution is -2.38. The van der Waals surface area contributed by atoms with Crippen LogP contribution in [-0.4, -0.2) is 53.9 Å². The molecule has 0 spiro atoms. The summed E-state index contributed by atoms with van der Waals surface area (Å²) in [5.41, 5.74) is 1.88. The number of nitrogens with zero attached hydrogens (tertiary/aromatic N) is 3. The van der Waals surface area contributed by atoms with Crippen LogP contribution >= 0.6 is 0 Å². The summed E-state index contributed by atoms with van der Waals surface area (Å²) in [6.45, 7) is 2.26. The van der Waals surface area contributed by atoms with E-state index in [1.54, 1.807) is 0 Å². The predicted octanol–water partition coefficient (Wildman–Crippen LogP) is 3.30. The first-order chi connectivity index (χ1) is 11.1. The molecule has 1 unspecified atom stereocenters. The zero-order valence-electron chi connectivity index (χ0n) is 14.5. The number of rotatable bonds is 3. The number of likely N-dealkylation sites (N-methyl/N-ethyl adjacent to an activating group) is 1. The summed E-state index contributed by atoms with van der Waals surface area (Å²) in [4.78, 5) is 21.5. The summed E-state index contributed by atoms with van der Waals surface area (Å²) in [6, 6.07) is 4.51. The molecule has 23 heavy (non-hydrogen) atoms. The molecule has 1 amide bonds. The van der Waals surface area contributed by atoms with E-state index in [4.69, 9.17) is 0 Å². The Morgan fingerprint density at radius 1 is 1.22 bits per heavy atom. The highest BCUT2D eigenvalue weighted by Crippen LogP contribution is 2.27. The number of carbonyl (C=O) groups excluding carboxylic acids is 1. The number of amides is 1. The zero-order chi connectivity index (χ0) is 16.2. The van der Waals surface area contributed by atoms with Crippen LogP contribution in [0.3, 0.4) is 0 Å². The van der Waals surface area contributed by atoms with Gasteiger partial charge in [0.05, 0.1) is 0 Å². The zero-order valence-corrected chi connectivity index (χ0v) is 14.5. The molecule has 1 atom stereocenters. The molecular weight excluding hydrogens is 286 g/mol. The third-order valence-electron chi connectivity index (χ3n) is 5.54. The third-order valence-corrected chi connectivity index (χ3v) is 5.54. The monoisotopic (exact) mass is 315 g/mol. The van der Waals surface area contributed by atoms with Gasteiger partial charge in [0.1, 0.15) is 5.69 Å². The van der Waals surface area contributed by atoms with Crippen LogP contribution in [0.1, 0.15) is 66.9 Å². The summed E-state index contributed by atoms with van der Waals surface area (Å²) in [5, 5.41) is 0. The normalized spacial score (nSPS) is 23.7. The first-order valence-corrected chi connectivity index (χ1v) is 9.07. The van der Waals surface area contributed by atoms with E-state index in [1.165, 1.54) is 44.2 Å². The second-order valence-electron chi connectivity index (χ2n) is 7.28. The smallest absolute Gasteiger partial charge is 0.272 e. The highest BCUT2D eigenvalue weighted by atomic mass is 16.2. The van der Waals surface area contributed by atoms with Gasteiger partial charge in [-0.3, -0.25) is 9.78 Å². The SMILES string of the molecule is CN1CCCC(c2ccnc(C(=O)N(C)C3CCCCC3)c2)C1. The van der Waals surface area contributed by atoms with Crippen molar-refractivity contribution in [3.8, 4) is 0 Å². The number of pyridine rings is 1. The maximum atomic E-state index is 12.8. The highest BCUT2D eigenvalue weighted by molar-refractivity contribution is 5.92.